The standard InChI is InChI=1S/C16H17NO5S/c1-12(18)17-11-13-6-8-16(9-7-13)23(19,20)22-15-5-3-4-14(10-15)21-2/h3-10H,11H2,1-2H3,(H,17,18). The molecule has 0 aliphatic rings. The number of carbonyl (C=O) groups is 1. The minimum Gasteiger partial charge on any atom is -0.497 e. The van der Waals surface area contributed by atoms with E-state index in [9.17, 15) is 13.2 Å². The van der Waals surface area contributed by atoms with E-state index in [0.717, 1.165) is 5.56 Å². The van der Waals surface area contributed by atoms with Crippen LogP contribution in [0.1, 0.15) is 12.5 Å². The third-order valence-electron chi connectivity index (χ3n) is 3.00. The van der Waals surface area contributed by atoms with Crippen molar-refractivity contribution in [2.24, 2.45) is 0 Å². The van der Waals surface area contributed by atoms with Crippen molar-refractivity contribution < 1.29 is 22.1 Å². The molecule has 2 aromatic rings. The highest BCUT2D eigenvalue weighted by atomic mass is 32.2. The van der Waals surface area contributed by atoms with Gasteiger partial charge in [0.15, 0.2) is 0 Å². The second-order valence-corrected chi connectivity index (χ2v) is 6.32. The molecule has 122 valence electrons. The molecule has 1 amide bonds. The zero-order chi connectivity index (χ0) is 16.9. The molecule has 7 heteroatoms. The lowest BCUT2D eigenvalue weighted by Crippen LogP contribution is -2.19. The van der Waals surface area contributed by atoms with E-state index in [0.29, 0.717) is 12.3 Å². The van der Waals surface area contributed by atoms with Crippen molar-refractivity contribution in [2.45, 2.75) is 18.4 Å². The van der Waals surface area contributed by atoms with E-state index in [-0.39, 0.29) is 16.6 Å². The fourth-order valence-electron chi connectivity index (χ4n) is 1.83. The summed E-state index contributed by atoms with van der Waals surface area (Å²) < 4.78 is 34.6. The van der Waals surface area contributed by atoms with Crippen LogP contribution in [0.15, 0.2) is 53.4 Å². The number of ether oxygens (including phenoxy) is 1. The van der Waals surface area contributed by atoms with Crippen molar-refractivity contribution >= 4 is 16.0 Å². The summed E-state index contributed by atoms with van der Waals surface area (Å²) in [5, 5.41) is 2.64. The normalized spacial score (nSPS) is 10.9. The van der Waals surface area contributed by atoms with Gasteiger partial charge >= 0.3 is 10.1 Å². The van der Waals surface area contributed by atoms with Gasteiger partial charge in [0.2, 0.25) is 5.91 Å². The molecule has 6 nitrogen and oxygen atoms in total. The van der Waals surface area contributed by atoms with Crippen LogP contribution in [0.2, 0.25) is 0 Å². The largest absolute Gasteiger partial charge is 0.497 e. The molecule has 0 radical (unpaired) electrons. The lowest BCUT2D eigenvalue weighted by atomic mass is 10.2. The monoisotopic (exact) mass is 335 g/mol. The van der Waals surface area contributed by atoms with Crippen molar-refractivity contribution in [2.75, 3.05) is 7.11 Å². The Morgan fingerprint density at radius 2 is 1.74 bits per heavy atom. The van der Waals surface area contributed by atoms with Crippen LogP contribution < -0.4 is 14.2 Å². The maximum atomic E-state index is 12.2. The predicted molar refractivity (Wildman–Crippen MR) is 84.8 cm³/mol. The number of carbonyl (C=O) groups excluding carboxylic acids is 1. The molecule has 0 spiro atoms. The number of nitrogens with one attached hydrogen (secondary N) is 1. The second kappa shape index (κ2) is 7.15. The van der Waals surface area contributed by atoms with E-state index in [1.165, 1.54) is 38.3 Å². The Balaban J connectivity index is 2.14. The van der Waals surface area contributed by atoms with Crippen molar-refractivity contribution in [1.29, 1.82) is 0 Å². The molecule has 0 fully saturated rings. The molecule has 0 atom stereocenters. The molecule has 0 aliphatic carbocycles. The van der Waals surface area contributed by atoms with Gasteiger partial charge < -0.3 is 14.2 Å². The minimum atomic E-state index is -3.93. The van der Waals surface area contributed by atoms with E-state index >= 15 is 0 Å². The Bertz CT molecular complexity index is 784. The SMILES string of the molecule is COc1cccc(OS(=O)(=O)c2ccc(CNC(C)=O)cc2)c1. The van der Waals surface area contributed by atoms with Crippen molar-refractivity contribution in [3.8, 4) is 11.5 Å². The first-order chi connectivity index (χ1) is 10.9. The summed E-state index contributed by atoms with van der Waals surface area (Å²) in [6.07, 6.45) is 0. The van der Waals surface area contributed by atoms with Gasteiger partial charge in [-0.1, -0.05) is 18.2 Å². The molecule has 2 aromatic carbocycles. The molecule has 0 saturated carbocycles. The maximum Gasteiger partial charge on any atom is 0.339 e. The highest BCUT2D eigenvalue weighted by molar-refractivity contribution is 7.87. The summed E-state index contributed by atoms with van der Waals surface area (Å²) in [6, 6.07) is 12.5. The van der Waals surface area contributed by atoms with Crippen LogP contribution in [0.4, 0.5) is 0 Å². The molecule has 1 N–H and O–H groups in total. The van der Waals surface area contributed by atoms with Crippen LogP contribution in [0.5, 0.6) is 11.5 Å². The summed E-state index contributed by atoms with van der Waals surface area (Å²) >= 11 is 0. The number of methoxy groups -OCH3 is 1. The zero-order valence-electron chi connectivity index (χ0n) is 12.8. The first-order valence-corrected chi connectivity index (χ1v) is 8.23. The Morgan fingerprint density at radius 1 is 1.09 bits per heavy atom. The summed E-state index contributed by atoms with van der Waals surface area (Å²) in [7, 11) is -2.44. The Morgan fingerprint density at radius 3 is 2.35 bits per heavy atom. The van der Waals surface area contributed by atoms with E-state index in [1.54, 1.807) is 24.3 Å². The second-order valence-electron chi connectivity index (χ2n) is 4.77. The van der Waals surface area contributed by atoms with Crippen LogP contribution in [-0.4, -0.2) is 21.4 Å². The van der Waals surface area contributed by atoms with Crippen molar-refractivity contribution in [1.82, 2.24) is 5.32 Å². The predicted octanol–water partition coefficient (Wildman–Crippen LogP) is 2.10. The van der Waals surface area contributed by atoms with Gasteiger partial charge in [-0.2, -0.15) is 8.42 Å². The van der Waals surface area contributed by atoms with Crippen LogP contribution in [0.3, 0.4) is 0 Å². The summed E-state index contributed by atoms with van der Waals surface area (Å²) in [4.78, 5) is 10.9. The van der Waals surface area contributed by atoms with Gasteiger partial charge in [-0.3, -0.25) is 4.79 Å². The van der Waals surface area contributed by atoms with Crippen molar-refractivity contribution in [3.05, 3.63) is 54.1 Å². The molecule has 2 rings (SSSR count). The van der Waals surface area contributed by atoms with Crippen LogP contribution in [0.25, 0.3) is 0 Å². The fraction of sp³-hybridized carbons (Fsp3) is 0.188. The third kappa shape index (κ3) is 4.72. The van der Waals surface area contributed by atoms with Gasteiger partial charge in [-0.25, -0.2) is 0 Å². The summed E-state index contributed by atoms with van der Waals surface area (Å²) in [5.41, 5.74) is 0.792. The molecule has 23 heavy (non-hydrogen) atoms. The first kappa shape index (κ1) is 16.8. The number of hydrogen-bond acceptors (Lipinski definition) is 5. The van der Waals surface area contributed by atoms with Crippen LogP contribution in [0, 0.1) is 0 Å². The van der Waals surface area contributed by atoms with Crippen LogP contribution >= 0.6 is 0 Å². The molecular formula is C16H17NO5S. The first-order valence-electron chi connectivity index (χ1n) is 6.82. The maximum absolute atomic E-state index is 12.2. The van der Waals surface area contributed by atoms with Crippen molar-refractivity contribution in [3.63, 3.8) is 0 Å². The Labute approximate surface area is 135 Å². The number of rotatable bonds is 6. The lowest BCUT2D eigenvalue weighted by molar-refractivity contribution is -0.119. The van der Waals surface area contributed by atoms with E-state index in [2.05, 4.69) is 5.32 Å². The summed E-state index contributed by atoms with van der Waals surface area (Å²) in [6.45, 7) is 1.76. The van der Waals surface area contributed by atoms with E-state index in [4.69, 9.17) is 8.92 Å². The quantitative estimate of drug-likeness (QED) is 0.818. The van der Waals surface area contributed by atoms with E-state index in [1.807, 2.05) is 0 Å². The average molecular weight is 335 g/mol. The Hall–Kier alpha value is -2.54. The third-order valence-corrected chi connectivity index (χ3v) is 4.26. The highest BCUT2D eigenvalue weighted by Crippen LogP contribution is 2.23. The number of hydrogen-bond donors (Lipinski definition) is 1. The highest BCUT2D eigenvalue weighted by Gasteiger charge is 2.16. The fourth-order valence-corrected chi connectivity index (χ4v) is 2.75. The lowest BCUT2D eigenvalue weighted by Gasteiger charge is -2.09. The molecule has 0 aromatic heterocycles. The van der Waals surface area contributed by atoms with Gasteiger partial charge in [0.25, 0.3) is 0 Å². The Kier molecular flexibility index (Phi) is 5.23. The molecule has 0 unspecified atom stereocenters. The molecule has 0 aliphatic heterocycles. The minimum absolute atomic E-state index is 0.0342. The summed E-state index contributed by atoms with van der Waals surface area (Å²) in [5.74, 6) is 0.526. The molecule has 0 bridgehead atoms. The van der Waals surface area contributed by atoms with Gasteiger partial charge in [0.1, 0.15) is 16.4 Å². The molecular weight excluding hydrogens is 318 g/mol. The van der Waals surface area contributed by atoms with E-state index < -0.39 is 10.1 Å². The number of benzene rings is 2. The van der Waals surface area contributed by atoms with Crippen LogP contribution in [-0.2, 0) is 21.5 Å². The average Bonchev–Trinajstić information content (AvgIpc) is 2.53. The smallest absolute Gasteiger partial charge is 0.339 e. The zero-order valence-corrected chi connectivity index (χ0v) is 13.6. The molecule has 0 heterocycles. The van der Waals surface area contributed by atoms with Gasteiger partial charge in [0, 0.05) is 19.5 Å². The van der Waals surface area contributed by atoms with Gasteiger partial charge in [0.05, 0.1) is 7.11 Å². The van der Waals surface area contributed by atoms with Gasteiger partial charge in [-0.15, -0.1) is 0 Å². The topological polar surface area (TPSA) is 81.7 Å². The van der Waals surface area contributed by atoms with Gasteiger partial charge in [-0.05, 0) is 29.8 Å². The number of amides is 1. The molecule has 0 saturated heterocycles.